The number of ether oxygens (including phenoxy) is 1. The smallest absolute Gasteiger partial charge is 0.144 e. The fraction of sp³-hybridized carbons (Fsp3) is 0.538. The van der Waals surface area contributed by atoms with Crippen LogP contribution in [0.25, 0.3) is 0 Å². The van der Waals surface area contributed by atoms with Crippen molar-refractivity contribution in [3.05, 3.63) is 24.0 Å². The van der Waals surface area contributed by atoms with Gasteiger partial charge in [0.15, 0.2) is 0 Å². The molecule has 1 N–H and O–H groups in total. The number of hydrogen-bond donors (Lipinski definition) is 1. The zero-order valence-corrected chi connectivity index (χ0v) is 10.4. The molecule has 0 atom stereocenters. The molecule has 0 aliphatic carbocycles. The van der Waals surface area contributed by atoms with Crippen molar-refractivity contribution in [3.63, 3.8) is 0 Å². The molecule has 1 fully saturated rings. The lowest BCUT2D eigenvalue weighted by Gasteiger charge is -2.30. The standard InChI is InChI=1S/C13H19FN2O/c1-16-7-5-11(6-8-16)15-12-4-3-10(14)9-13(12)17-2/h3-4,9,11,15H,5-8H2,1-2H3. The van der Waals surface area contributed by atoms with E-state index in [0.717, 1.165) is 31.6 Å². The van der Waals surface area contributed by atoms with Crippen LogP contribution in [0.4, 0.5) is 10.1 Å². The molecule has 1 aromatic carbocycles. The Morgan fingerprint density at radius 1 is 1.35 bits per heavy atom. The van der Waals surface area contributed by atoms with Crippen LogP contribution in [-0.4, -0.2) is 38.2 Å². The lowest BCUT2D eigenvalue weighted by Crippen LogP contribution is -2.36. The normalized spacial score (nSPS) is 18.1. The second-order valence-electron chi connectivity index (χ2n) is 4.57. The van der Waals surface area contributed by atoms with E-state index in [0.29, 0.717) is 11.8 Å². The molecule has 1 aromatic rings. The van der Waals surface area contributed by atoms with Crippen LogP contribution < -0.4 is 10.1 Å². The second-order valence-corrected chi connectivity index (χ2v) is 4.57. The van der Waals surface area contributed by atoms with E-state index in [2.05, 4.69) is 17.3 Å². The Morgan fingerprint density at radius 2 is 2.06 bits per heavy atom. The Bertz CT molecular complexity index is 376. The predicted octanol–water partition coefficient (Wildman–Crippen LogP) is 2.34. The average molecular weight is 238 g/mol. The molecular formula is C13H19FN2O. The highest BCUT2D eigenvalue weighted by molar-refractivity contribution is 5.57. The van der Waals surface area contributed by atoms with E-state index in [1.165, 1.54) is 12.1 Å². The van der Waals surface area contributed by atoms with E-state index in [1.807, 2.05) is 0 Å². The molecule has 1 heterocycles. The van der Waals surface area contributed by atoms with Crippen LogP contribution in [0.15, 0.2) is 18.2 Å². The third-order valence-corrected chi connectivity index (χ3v) is 3.24. The SMILES string of the molecule is COc1cc(F)ccc1NC1CCN(C)CC1. The molecule has 94 valence electrons. The molecule has 0 saturated carbocycles. The molecule has 0 unspecified atom stereocenters. The summed E-state index contributed by atoms with van der Waals surface area (Å²) in [6.07, 6.45) is 2.22. The molecule has 3 nitrogen and oxygen atoms in total. The molecule has 1 aliphatic heterocycles. The summed E-state index contributed by atoms with van der Waals surface area (Å²) in [5, 5.41) is 3.43. The number of piperidine rings is 1. The van der Waals surface area contributed by atoms with Gasteiger partial charge >= 0.3 is 0 Å². The minimum absolute atomic E-state index is 0.268. The van der Waals surface area contributed by atoms with Crippen molar-refractivity contribution in [1.29, 1.82) is 0 Å². The monoisotopic (exact) mass is 238 g/mol. The van der Waals surface area contributed by atoms with Gasteiger partial charge < -0.3 is 15.0 Å². The van der Waals surface area contributed by atoms with Crippen molar-refractivity contribution in [2.24, 2.45) is 0 Å². The van der Waals surface area contributed by atoms with Crippen LogP contribution in [0.3, 0.4) is 0 Å². The predicted molar refractivity (Wildman–Crippen MR) is 67.1 cm³/mol. The summed E-state index contributed by atoms with van der Waals surface area (Å²) < 4.78 is 18.2. The lowest BCUT2D eigenvalue weighted by molar-refractivity contribution is 0.263. The Kier molecular flexibility index (Phi) is 3.84. The molecule has 0 aromatic heterocycles. The van der Waals surface area contributed by atoms with Gasteiger partial charge in [0.05, 0.1) is 12.8 Å². The number of anilines is 1. The van der Waals surface area contributed by atoms with E-state index < -0.39 is 0 Å². The molecule has 2 rings (SSSR count). The fourth-order valence-electron chi connectivity index (χ4n) is 2.16. The minimum Gasteiger partial charge on any atom is -0.494 e. The van der Waals surface area contributed by atoms with Gasteiger partial charge in [0.25, 0.3) is 0 Å². The van der Waals surface area contributed by atoms with E-state index in [4.69, 9.17) is 4.74 Å². The van der Waals surface area contributed by atoms with Crippen LogP contribution in [0.2, 0.25) is 0 Å². The molecule has 0 amide bonds. The van der Waals surface area contributed by atoms with Gasteiger partial charge in [-0.3, -0.25) is 0 Å². The first kappa shape index (κ1) is 12.2. The van der Waals surface area contributed by atoms with Crippen molar-refractivity contribution in [3.8, 4) is 5.75 Å². The van der Waals surface area contributed by atoms with E-state index in [9.17, 15) is 4.39 Å². The van der Waals surface area contributed by atoms with Gasteiger partial charge in [0.1, 0.15) is 11.6 Å². The average Bonchev–Trinajstić information content (AvgIpc) is 2.34. The van der Waals surface area contributed by atoms with Crippen LogP contribution in [0.1, 0.15) is 12.8 Å². The second kappa shape index (κ2) is 5.36. The summed E-state index contributed by atoms with van der Waals surface area (Å²) >= 11 is 0. The molecular weight excluding hydrogens is 219 g/mol. The first-order valence-corrected chi connectivity index (χ1v) is 5.97. The van der Waals surface area contributed by atoms with Crippen LogP contribution in [-0.2, 0) is 0 Å². The third-order valence-electron chi connectivity index (χ3n) is 3.24. The molecule has 1 aliphatic rings. The highest BCUT2D eigenvalue weighted by Crippen LogP contribution is 2.27. The number of methoxy groups -OCH3 is 1. The van der Waals surface area contributed by atoms with Gasteiger partial charge in [-0.1, -0.05) is 0 Å². The van der Waals surface area contributed by atoms with Gasteiger partial charge in [-0.15, -0.1) is 0 Å². The van der Waals surface area contributed by atoms with Crippen LogP contribution in [0, 0.1) is 5.82 Å². The van der Waals surface area contributed by atoms with Gasteiger partial charge in [0, 0.05) is 12.1 Å². The molecule has 1 saturated heterocycles. The maximum absolute atomic E-state index is 13.0. The molecule has 0 spiro atoms. The Balaban J connectivity index is 2.03. The van der Waals surface area contributed by atoms with Gasteiger partial charge in [0.2, 0.25) is 0 Å². The van der Waals surface area contributed by atoms with Gasteiger partial charge in [-0.2, -0.15) is 0 Å². The first-order chi connectivity index (χ1) is 8.19. The van der Waals surface area contributed by atoms with Crippen LogP contribution >= 0.6 is 0 Å². The van der Waals surface area contributed by atoms with Crippen molar-refractivity contribution >= 4 is 5.69 Å². The number of nitrogens with one attached hydrogen (secondary N) is 1. The summed E-state index contributed by atoms with van der Waals surface area (Å²) in [5.74, 6) is 0.305. The highest BCUT2D eigenvalue weighted by atomic mass is 19.1. The Morgan fingerprint density at radius 3 is 2.71 bits per heavy atom. The first-order valence-electron chi connectivity index (χ1n) is 5.97. The molecule has 4 heteroatoms. The largest absolute Gasteiger partial charge is 0.494 e. The minimum atomic E-state index is -0.268. The van der Waals surface area contributed by atoms with E-state index >= 15 is 0 Å². The number of hydrogen-bond acceptors (Lipinski definition) is 3. The number of rotatable bonds is 3. The zero-order valence-electron chi connectivity index (χ0n) is 10.4. The molecule has 0 bridgehead atoms. The van der Waals surface area contributed by atoms with Crippen molar-refractivity contribution in [2.45, 2.75) is 18.9 Å². The number of nitrogens with zero attached hydrogens (tertiary/aromatic N) is 1. The number of benzene rings is 1. The lowest BCUT2D eigenvalue weighted by atomic mass is 10.1. The summed E-state index contributed by atoms with van der Waals surface area (Å²) in [5.41, 5.74) is 0.878. The summed E-state index contributed by atoms with van der Waals surface area (Å²) in [7, 11) is 3.70. The van der Waals surface area contributed by atoms with Crippen LogP contribution in [0.5, 0.6) is 5.75 Å². The molecule has 0 radical (unpaired) electrons. The Hall–Kier alpha value is -1.29. The van der Waals surface area contributed by atoms with Crippen molar-refractivity contribution in [1.82, 2.24) is 4.90 Å². The summed E-state index contributed by atoms with van der Waals surface area (Å²) in [6.45, 7) is 2.20. The highest BCUT2D eigenvalue weighted by Gasteiger charge is 2.17. The third kappa shape index (κ3) is 3.09. The van der Waals surface area contributed by atoms with Gasteiger partial charge in [-0.05, 0) is 45.1 Å². The Labute approximate surface area is 102 Å². The summed E-state index contributed by atoms with van der Waals surface area (Å²) in [4.78, 5) is 2.32. The number of halogens is 1. The summed E-state index contributed by atoms with van der Waals surface area (Å²) in [6, 6.07) is 5.06. The zero-order chi connectivity index (χ0) is 12.3. The van der Waals surface area contributed by atoms with E-state index in [1.54, 1.807) is 13.2 Å². The topological polar surface area (TPSA) is 24.5 Å². The van der Waals surface area contributed by atoms with Crippen molar-refractivity contribution < 1.29 is 9.13 Å². The maximum atomic E-state index is 13.0. The quantitative estimate of drug-likeness (QED) is 0.874. The number of likely N-dealkylation sites (tertiary alicyclic amines) is 1. The maximum Gasteiger partial charge on any atom is 0.144 e. The van der Waals surface area contributed by atoms with Crippen molar-refractivity contribution in [2.75, 3.05) is 32.6 Å². The fourth-order valence-corrected chi connectivity index (χ4v) is 2.16. The molecule has 17 heavy (non-hydrogen) atoms. The van der Waals surface area contributed by atoms with Gasteiger partial charge in [-0.25, -0.2) is 4.39 Å². The van der Waals surface area contributed by atoms with E-state index in [-0.39, 0.29) is 5.82 Å².